The molecule has 0 aliphatic heterocycles. The highest BCUT2D eigenvalue weighted by molar-refractivity contribution is 7.08. The summed E-state index contributed by atoms with van der Waals surface area (Å²) >= 11 is 0.850. The molecule has 2 bridgehead atoms. The van der Waals surface area contributed by atoms with E-state index in [4.69, 9.17) is 0 Å². The fourth-order valence-corrected chi connectivity index (χ4v) is 6.82. The number of carbonyl (C=O) groups is 5. The molecule has 13 nitrogen and oxygen atoms in total. The van der Waals surface area contributed by atoms with Crippen molar-refractivity contribution in [3.63, 3.8) is 0 Å². The molecule has 0 spiro atoms. The molecule has 2 aromatic heterocycles. The molecule has 14 heteroatoms. The van der Waals surface area contributed by atoms with E-state index in [9.17, 15) is 28.8 Å². The fraction of sp³-hybridized carbons (Fsp3) is 0.586. The van der Waals surface area contributed by atoms with Crippen LogP contribution in [0, 0.1) is 24.7 Å². The summed E-state index contributed by atoms with van der Waals surface area (Å²) in [6.07, 6.45) is 7.74. The van der Waals surface area contributed by atoms with Crippen molar-refractivity contribution in [2.45, 2.75) is 83.8 Å². The Morgan fingerprint density at radius 2 is 1.88 bits per heavy atom. The monoisotopic (exact) mass is 621 g/mol. The van der Waals surface area contributed by atoms with E-state index in [0.717, 1.165) is 43.6 Å². The Labute approximate surface area is 259 Å². The van der Waals surface area contributed by atoms with Gasteiger partial charge < -0.3 is 25.8 Å². The SMILES string of the molecule is CCC1CC2CCCC(C1)C2NC(=O)Cn1cccc(NC(=O)[C@H](CCC(=O)C(=O)NC)NC(=O)c2snnc2C)c1=O.[HH].[HH].[HH].[HH]. The Hall–Kier alpha value is -3.94. The average Bonchev–Trinajstić information content (AvgIpc) is 3.42. The van der Waals surface area contributed by atoms with Crippen molar-refractivity contribution >= 4 is 46.6 Å². The fourth-order valence-electron chi connectivity index (χ4n) is 6.26. The van der Waals surface area contributed by atoms with Gasteiger partial charge in [-0.05, 0) is 80.4 Å². The van der Waals surface area contributed by atoms with Gasteiger partial charge in [0.2, 0.25) is 17.6 Å². The van der Waals surface area contributed by atoms with Crippen LogP contribution in [0.2, 0.25) is 0 Å². The van der Waals surface area contributed by atoms with Crippen LogP contribution in [-0.4, -0.2) is 62.7 Å². The lowest BCUT2D eigenvalue weighted by atomic mass is 9.64. The Morgan fingerprint density at radius 3 is 2.51 bits per heavy atom. The van der Waals surface area contributed by atoms with Crippen molar-refractivity contribution in [2.75, 3.05) is 12.4 Å². The number of pyridine rings is 1. The number of hydrogen-bond donors (Lipinski definition) is 4. The van der Waals surface area contributed by atoms with E-state index >= 15 is 0 Å². The molecule has 2 fully saturated rings. The van der Waals surface area contributed by atoms with Crippen molar-refractivity contribution in [3.8, 4) is 0 Å². The number of likely N-dealkylation sites (N-methyl/N-ethyl adjacent to an activating group) is 1. The number of rotatable bonds is 12. The van der Waals surface area contributed by atoms with Crippen LogP contribution >= 0.6 is 11.5 Å². The number of ketones is 1. The highest BCUT2D eigenvalue weighted by Gasteiger charge is 2.40. The molecule has 0 radical (unpaired) electrons. The van der Waals surface area contributed by atoms with E-state index in [1.54, 1.807) is 13.0 Å². The van der Waals surface area contributed by atoms with Gasteiger partial charge in [-0.2, -0.15) is 0 Å². The molecular formula is C29H47N7O6S. The number of hydrogen-bond acceptors (Lipinski definition) is 9. The van der Waals surface area contributed by atoms with E-state index in [0.29, 0.717) is 23.4 Å². The summed E-state index contributed by atoms with van der Waals surface area (Å²) in [5.74, 6) is -1.61. The Bertz CT molecular complexity index is 1430. The van der Waals surface area contributed by atoms with E-state index < -0.39 is 35.1 Å². The largest absolute Gasteiger partial charge is 0.353 e. The first kappa shape index (κ1) is 32.0. The number of Topliss-reactive ketones (excluding diaryl/α,β-unsaturated/α-hetero) is 1. The minimum Gasteiger partial charge on any atom is -0.353 e. The van der Waals surface area contributed by atoms with Gasteiger partial charge in [0.05, 0.1) is 5.69 Å². The zero-order valence-electron chi connectivity index (χ0n) is 24.7. The molecule has 2 saturated carbocycles. The van der Waals surface area contributed by atoms with Crippen LogP contribution in [0.3, 0.4) is 0 Å². The van der Waals surface area contributed by atoms with Gasteiger partial charge in [0, 0.05) is 31.4 Å². The molecule has 4 rings (SSSR count). The first-order chi connectivity index (χ1) is 20.6. The van der Waals surface area contributed by atoms with Crippen LogP contribution < -0.4 is 26.8 Å². The van der Waals surface area contributed by atoms with Gasteiger partial charge in [-0.1, -0.05) is 24.3 Å². The molecule has 2 aliphatic rings. The lowest BCUT2D eigenvalue weighted by molar-refractivity contribution is -0.137. The topological polar surface area (TPSA) is 181 Å². The van der Waals surface area contributed by atoms with Crippen LogP contribution in [0.4, 0.5) is 5.69 Å². The quantitative estimate of drug-likeness (QED) is 0.261. The van der Waals surface area contributed by atoms with Gasteiger partial charge in [0.15, 0.2) is 0 Å². The van der Waals surface area contributed by atoms with Crippen LogP contribution in [0.5, 0.6) is 0 Å². The zero-order valence-corrected chi connectivity index (χ0v) is 25.5. The first-order valence-electron chi connectivity index (χ1n) is 14.8. The first-order valence-corrected chi connectivity index (χ1v) is 15.5. The van der Waals surface area contributed by atoms with E-state index in [1.807, 2.05) is 0 Å². The third kappa shape index (κ3) is 7.92. The number of carbonyl (C=O) groups excluding carboxylic acids is 5. The normalized spacial score (nSPS) is 21.7. The number of fused-ring (bicyclic) bond motifs is 2. The summed E-state index contributed by atoms with van der Waals surface area (Å²) in [5.41, 5.74) is -0.308. The van der Waals surface area contributed by atoms with Gasteiger partial charge in [0.1, 0.15) is 23.2 Å². The summed E-state index contributed by atoms with van der Waals surface area (Å²) in [5, 5.41) is 14.3. The predicted octanol–water partition coefficient (Wildman–Crippen LogP) is 2.55. The number of aromatic nitrogens is 3. The van der Waals surface area contributed by atoms with E-state index in [-0.39, 0.29) is 47.6 Å². The number of anilines is 1. The van der Waals surface area contributed by atoms with Crippen LogP contribution in [0.25, 0.3) is 0 Å². The second-order valence-electron chi connectivity index (χ2n) is 11.4. The Morgan fingerprint density at radius 1 is 1.16 bits per heavy atom. The summed E-state index contributed by atoms with van der Waals surface area (Å²) in [6, 6.07) is 1.80. The zero-order chi connectivity index (χ0) is 31.1. The highest BCUT2D eigenvalue weighted by atomic mass is 32.1. The summed E-state index contributed by atoms with van der Waals surface area (Å²) < 4.78 is 4.95. The maximum Gasteiger partial charge on any atom is 0.287 e. The van der Waals surface area contributed by atoms with E-state index in [2.05, 4.69) is 37.8 Å². The molecule has 0 saturated heterocycles. The summed E-state index contributed by atoms with van der Waals surface area (Å²) in [6.45, 7) is 3.61. The van der Waals surface area contributed by atoms with Gasteiger partial charge in [-0.25, -0.2) is 0 Å². The second-order valence-corrected chi connectivity index (χ2v) is 12.1. The number of nitrogens with one attached hydrogen (secondary N) is 4. The molecule has 4 N–H and O–H groups in total. The number of amides is 4. The second kappa shape index (κ2) is 14.5. The third-order valence-electron chi connectivity index (χ3n) is 8.55. The van der Waals surface area contributed by atoms with Crippen molar-refractivity contribution in [2.24, 2.45) is 17.8 Å². The average molecular weight is 622 g/mol. The standard InChI is InChI=1S/C29H39N7O6S.4H2/c1-4-17-13-18-7-5-8-19(14-17)24(18)33-23(38)15-36-12-6-9-21(29(36)42)32-26(39)20(10-11-22(37)27(40)30-3)31-28(41)25-16(2)34-35-43-25;;;;/h6,9,12,17-20,24H,4-5,7-8,10-11,13-15H2,1-3H3,(H,30,40)(H,31,41)(H,32,39)(H,33,38);4*1H/t17?,18?,19?,20-,24?;;;;/m0..../s1. The van der Waals surface area contributed by atoms with Gasteiger partial charge >= 0.3 is 0 Å². The minimum atomic E-state index is -1.25. The maximum absolute atomic E-state index is 13.3. The third-order valence-corrected chi connectivity index (χ3v) is 9.38. The van der Waals surface area contributed by atoms with Crippen molar-refractivity contribution in [3.05, 3.63) is 39.3 Å². The predicted molar refractivity (Wildman–Crippen MR) is 168 cm³/mol. The molecule has 2 heterocycles. The van der Waals surface area contributed by atoms with Crippen LogP contribution in [-0.2, 0) is 25.7 Å². The summed E-state index contributed by atoms with van der Waals surface area (Å²) in [4.78, 5) is 76.4. The molecule has 0 aromatic carbocycles. The molecular weight excluding hydrogens is 574 g/mol. The lowest BCUT2D eigenvalue weighted by Gasteiger charge is -2.46. The molecule has 43 heavy (non-hydrogen) atoms. The molecule has 2 unspecified atom stereocenters. The smallest absolute Gasteiger partial charge is 0.287 e. The van der Waals surface area contributed by atoms with Crippen LogP contribution in [0.15, 0.2) is 23.1 Å². The lowest BCUT2D eigenvalue weighted by Crippen LogP contribution is -2.52. The number of aryl methyl sites for hydroxylation is 1. The van der Waals surface area contributed by atoms with Crippen LogP contribution in [0.1, 0.15) is 79.4 Å². The van der Waals surface area contributed by atoms with Gasteiger partial charge in [-0.3, -0.25) is 28.8 Å². The van der Waals surface area contributed by atoms with Gasteiger partial charge in [0.25, 0.3) is 17.4 Å². The van der Waals surface area contributed by atoms with E-state index in [1.165, 1.54) is 30.3 Å². The summed E-state index contributed by atoms with van der Waals surface area (Å²) in [7, 11) is 1.31. The minimum absolute atomic E-state index is 0. The molecule has 2 aliphatic carbocycles. The maximum atomic E-state index is 13.3. The van der Waals surface area contributed by atoms with Crippen molar-refractivity contribution in [1.29, 1.82) is 0 Å². The number of nitrogens with zero attached hydrogens (tertiary/aromatic N) is 3. The molecule has 3 atom stereocenters. The Balaban J connectivity index is 0.00000529. The highest BCUT2D eigenvalue weighted by Crippen LogP contribution is 2.43. The van der Waals surface area contributed by atoms with Gasteiger partial charge in [-0.15, -0.1) is 5.10 Å². The van der Waals surface area contributed by atoms with Crippen molar-refractivity contribution < 1.29 is 29.7 Å². The van der Waals surface area contributed by atoms with Crippen molar-refractivity contribution in [1.82, 2.24) is 30.1 Å². The molecule has 240 valence electrons. The Kier molecular flexibility index (Phi) is 10.8. The molecule has 4 amide bonds. The molecule has 2 aromatic rings.